The van der Waals surface area contributed by atoms with Gasteiger partial charge in [-0.2, -0.15) is 0 Å². The van der Waals surface area contributed by atoms with Crippen molar-refractivity contribution in [2.24, 2.45) is 9.98 Å². The summed E-state index contributed by atoms with van der Waals surface area (Å²) in [5.74, 6) is 7.07. The number of aliphatic imine (C=N–C) groups is 2. The van der Waals surface area contributed by atoms with Crippen LogP contribution in [-0.2, 0) is 42.2 Å². The third-order valence-electron chi connectivity index (χ3n) is 11.6. The topological polar surface area (TPSA) is 24.7 Å². The van der Waals surface area contributed by atoms with E-state index in [1.54, 1.807) is 0 Å². The zero-order valence-corrected chi connectivity index (χ0v) is 40.0. The summed E-state index contributed by atoms with van der Waals surface area (Å²) in [4.78, 5) is 10.7. The Balaban J connectivity index is 0.0000168. The maximum atomic E-state index is 5.41. The maximum Gasteiger partial charge on any atom is 0.135 e. The fourth-order valence-electron chi connectivity index (χ4n) is 8.21. The first kappa shape index (κ1) is 53.9. The molecule has 0 unspecified atom stereocenters. The number of unbranched alkanes of at least 4 members (excludes halogenated alkanes) is 22. The largest absolute Gasteiger partial charge is 0.251 e. The zero-order valence-electron chi connectivity index (χ0n) is 39.0. The van der Waals surface area contributed by atoms with E-state index in [1.807, 2.05) is 0 Å². The molecule has 0 saturated carbocycles. The van der Waals surface area contributed by atoms with Crippen molar-refractivity contribution in [1.29, 1.82) is 0 Å². The predicted octanol–water partition coefficient (Wildman–Crippen LogP) is 18.1. The van der Waals surface area contributed by atoms with Crippen LogP contribution in [0.5, 0.6) is 0 Å². The van der Waals surface area contributed by atoms with Crippen LogP contribution in [0.25, 0.3) is 0 Å². The first-order valence-corrected chi connectivity index (χ1v) is 25.0. The molecule has 0 saturated heterocycles. The van der Waals surface area contributed by atoms with Gasteiger partial charge in [-0.25, -0.2) is 4.99 Å². The van der Waals surface area contributed by atoms with Crippen molar-refractivity contribution in [3.8, 4) is 11.8 Å². The predicted molar refractivity (Wildman–Crippen MR) is 258 cm³/mol. The Morgan fingerprint density at radius 3 is 1.16 bits per heavy atom. The van der Waals surface area contributed by atoms with Gasteiger partial charge in [0.05, 0.1) is 17.1 Å². The van der Waals surface area contributed by atoms with E-state index in [-0.39, 0.29) is 16.5 Å². The molecule has 0 bridgehead atoms. The molecular weight excluding hydrogens is 747 g/mol. The van der Waals surface area contributed by atoms with Gasteiger partial charge in [-0.1, -0.05) is 220 Å². The number of aryl methyl sites for hydroxylation is 4. The van der Waals surface area contributed by atoms with Crippen LogP contribution in [0.2, 0.25) is 0 Å². The molecule has 58 heavy (non-hydrogen) atoms. The fourth-order valence-corrected chi connectivity index (χ4v) is 8.21. The van der Waals surface area contributed by atoms with Gasteiger partial charge in [0.2, 0.25) is 0 Å². The number of nitrogens with zero attached hydrogens (tertiary/aromatic N) is 2. The van der Waals surface area contributed by atoms with Crippen LogP contribution in [-0.4, -0.2) is 11.4 Å². The smallest absolute Gasteiger partial charge is 0.135 e. The minimum Gasteiger partial charge on any atom is -0.251 e. The molecule has 0 spiro atoms. The van der Waals surface area contributed by atoms with E-state index in [4.69, 9.17) is 9.98 Å². The molecule has 2 aromatic carbocycles. The van der Waals surface area contributed by atoms with E-state index < -0.39 is 0 Å². The van der Waals surface area contributed by atoms with E-state index in [0.29, 0.717) is 0 Å². The molecular formula is C55H90N2Ni. The molecule has 0 aromatic heterocycles. The van der Waals surface area contributed by atoms with Gasteiger partial charge in [0.25, 0.3) is 0 Å². The van der Waals surface area contributed by atoms with Crippen LogP contribution >= 0.6 is 0 Å². The van der Waals surface area contributed by atoms with Crippen molar-refractivity contribution >= 4 is 22.8 Å². The van der Waals surface area contributed by atoms with Crippen LogP contribution < -0.4 is 0 Å². The SMILES string of the molecule is CCCCC#CC(=N\c1ccc(CCC)c(CCC)c1)/C(CCCCCCCCCCCCCCCCCCCCCCC)=N/c1ccc(CCC)c(CCC)c1.[Ni]. The van der Waals surface area contributed by atoms with Crippen LogP contribution in [0.1, 0.15) is 250 Å². The van der Waals surface area contributed by atoms with Crippen LogP contribution in [0.15, 0.2) is 46.4 Å². The summed E-state index contributed by atoms with van der Waals surface area (Å²) in [6.07, 6.45) is 42.7. The van der Waals surface area contributed by atoms with E-state index in [9.17, 15) is 0 Å². The summed E-state index contributed by atoms with van der Waals surface area (Å²) >= 11 is 0. The van der Waals surface area contributed by atoms with Crippen molar-refractivity contribution in [3.05, 3.63) is 58.7 Å². The van der Waals surface area contributed by atoms with Gasteiger partial charge >= 0.3 is 0 Å². The van der Waals surface area contributed by atoms with Crippen molar-refractivity contribution in [2.75, 3.05) is 0 Å². The summed E-state index contributed by atoms with van der Waals surface area (Å²) in [7, 11) is 0. The molecule has 2 aromatic rings. The van der Waals surface area contributed by atoms with Gasteiger partial charge in [-0.15, -0.1) is 0 Å². The Kier molecular flexibility index (Phi) is 35.1. The minimum atomic E-state index is 0. The Hall–Kier alpha value is -2.17. The Labute approximate surface area is 371 Å². The third-order valence-corrected chi connectivity index (χ3v) is 11.6. The first-order chi connectivity index (χ1) is 28.1. The molecule has 0 aliphatic heterocycles. The van der Waals surface area contributed by atoms with E-state index in [1.165, 1.54) is 164 Å². The molecule has 0 aliphatic rings. The number of hydrogen-bond acceptors (Lipinski definition) is 2. The van der Waals surface area contributed by atoms with Gasteiger partial charge < -0.3 is 0 Å². The van der Waals surface area contributed by atoms with Gasteiger partial charge in [-0.05, 0) is 97.4 Å². The zero-order chi connectivity index (χ0) is 41.0. The molecule has 3 heteroatoms. The summed E-state index contributed by atoms with van der Waals surface area (Å²) in [5.41, 5.74) is 9.87. The van der Waals surface area contributed by atoms with Crippen LogP contribution in [0.3, 0.4) is 0 Å². The average molecular weight is 838 g/mol. The van der Waals surface area contributed by atoms with E-state index >= 15 is 0 Å². The maximum absolute atomic E-state index is 5.41. The van der Waals surface area contributed by atoms with Crippen LogP contribution in [0, 0.1) is 11.8 Å². The van der Waals surface area contributed by atoms with Gasteiger partial charge in [0, 0.05) is 22.9 Å². The second-order valence-corrected chi connectivity index (χ2v) is 17.2. The monoisotopic (exact) mass is 837 g/mol. The molecule has 0 fully saturated rings. The molecule has 2 rings (SSSR count). The molecule has 0 atom stereocenters. The average Bonchev–Trinajstić information content (AvgIpc) is 3.21. The molecule has 0 amide bonds. The number of hydrogen-bond donors (Lipinski definition) is 0. The Bertz CT molecular complexity index is 1410. The van der Waals surface area contributed by atoms with Crippen molar-refractivity contribution < 1.29 is 16.5 Å². The Morgan fingerprint density at radius 1 is 0.397 bits per heavy atom. The molecule has 0 heterocycles. The van der Waals surface area contributed by atoms with E-state index in [0.717, 1.165) is 93.4 Å². The Morgan fingerprint density at radius 2 is 0.759 bits per heavy atom. The molecule has 0 N–H and O–H groups in total. The summed E-state index contributed by atoms with van der Waals surface area (Å²) < 4.78 is 0. The summed E-state index contributed by atoms with van der Waals surface area (Å²) in [6.45, 7) is 13.7. The second kappa shape index (κ2) is 37.8. The van der Waals surface area contributed by atoms with Gasteiger partial charge in [0.15, 0.2) is 0 Å². The standard InChI is InChI=1S/C55H90N2.Ni/c1-7-13-15-17-18-19-20-21-22-23-24-25-26-27-28-29-30-31-32-33-35-41-55(57-53-45-43-49(37-10-4)51(47-53)39-12-6)54(40-34-16-14-8-2)56-52-44-42-48(36-9-3)50(46-52)38-11-5;/h42-47H,7-33,35-39,41H2,1-6H3;/b56-54+,57-55+;. The molecule has 2 nitrogen and oxygen atoms in total. The quantitative estimate of drug-likeness (QED) is 0.0286. The summed E-state index contributed by atoms with van der Waals surface area (Å²) in [6, 6.07) is 13.8. The minimum absolute atomic E-state index is 0. The van der Waals surface area contributed by atoms with Crippen LogP contribution in [0.4, 0.5) is 11.4 Å². The van der Waals surface area contributed by atoms with Crippen molar-refractivity contribution in [2.45, 2.75) is 253 Å². The van der Waals surface area contributed by atoms with Crippen molar-refractivity contribution in [3.63, 3.8) is 0 Å². The number of rotatable bonds is 35. The second-order valence-electron chi connectivity index (χ2n) is 17.2. The van der Waals surface area contributed by atoms with E-state index in [2.05, 4.69) is 89.8 Å². The number of benzene rings is 2. The fraction of sp³-hybridized carbons (Fsp3) is 0.709. The summed E-state index contributed by atoms with van der Waals surface area (Å²) in [5, 5.41) is 0. The molecule has 0 radical (unpaired) electrons. The first-order valence-electron chi connectivity index (χ1n) is 25.0. The normalized spacial score (nSPS) is 11.8. The van der Waals surface area contributed by atoms with Gasteiger partial charge in [0.1, 0.15) is 5.71 Å². The molecule has 330 valence electrons. The molecule has 0 aliphatic carbocycles. The van der Waals surface area contributed by atoms with Gasteiger partial charge in [-0.3, -0.25) is 4.99 Å². The third kappa shape index (κ3) is 25.5. The van der Waals surface area contributed by atoms with Crippen molar-refractivity contribution in [1.82, 2.24) is 0 Å².